The normalized spacial score (nSPS) is 12.4. The molecule has 52 heavy (non-hydrogen) atoms. The molecule has 0 aliphatic rings. The highest BCUT2D eigenvalue weighted by Crippen LogP contribution is 2.60. The lowest BCUT2D eigenvalue weighted by atomic mass is 10.0. The van der Waals surface area contributed by atoms with Gasteiger partial charge in [0.15, 0.2) is 0 Å². The van der Waals surface area contributed by atoms with Gasteiger partial charge in [0, 0.05) is 44.4 Å². The zero-order valence-corrected chi connectivity index (χ0v) is 36.4. The lowest BCUT2D eigenvalue weighted by molar-refractivity contribution is 0.0158. The van der Waals surface area contributed by atoms with Crippen molar-refractivity contribution < 1.29 is 46.3 Å². The van der Waals surface area contributed by atoms with E-state index < -0.39 is 44.1 Å². The Labute approximate surface area is 342 Å². The Morgan fingerprint density at radius 1 is 0.654 bits per heavy atom. The molecule has 0 fully saturated rings. The van der Waals surface area contributed by atoms with Crippen molar-refractivity contribution in [1.29, 1.82) is 0 Å². The second-order valence-electron chi connectivity index (χ2n) is 11.2. The molecule has 19 heteroatoms. The van der Waals surface area contributed by atoms with Gasteiger partial charge in [0.05, 0.1) is 0 Å². The molecule has 4 aromatic rings. The lowest BCUT2D eigenvalue weighted by Gasteiger charge is -2.19. The van der Waals surface area contributed by atoms with Crippen LogP contribution in [-0.4, -0.2) is 37.2 Å². The summed E-state index contributed by atoms with van der Waals surface area (Å²) < 4.78 is 78.7. The predicted octanol–water partition coefficient (Wildman–Crippen LogP) is 12.9. The van der Waals surface area contributed by atoms with Crippen molar-refractivity contribution >= 4 is 110 Å². The summed E-state index contributed by atoms with van der Waals surface area (Å²) in [4.78, 5) is 37.4. The summed E-state index contributed by atoms with van der Waals surface area (Å²) >= 11 is 24.7. The summed E-state index contributed by atoms with van der Waals surface area (Å²) in [5, 5.41) is 1.12. The summed E-state index contributed by atoms with van der Waals surface area (Å²) in [7, 11) is -10.4. The number of aryl methyl sites for hydroxylation is 2. The van der Waals surface area contributed by atoms with Crippen molar-refractivity contribution in [2.45, 2.75) is 47.1 Å². The van der Waals surface area contributed by atoms with E-state index in [0.717, 1.165) is 62.2 Å². The standard InChI is InChI=1S/C17H17Br2F2O3PS.C16H14BrCl2F2O3PS/c18-13-4-1-5-14(10-13)26-8-2-3-12-6-7-15(16(19)9-12)17(20,21)11-25(22,23)24;17-15-6-10(3-4-14(15)16(20,21)25(22,23)24)2-1-5-26-13-8-11(18)7-12(19)9-13/h1,4-7,9-10H,2-3,8,11H2,(H2,22,23,24);3-4,6-9H,1-2,5H2,(H2,22,23,24). The van der Waals surface area contributed by atoms with Gasteiger partial charge in [-0.2, -0.15) is 8.78 Å². The van der Waals surface area contributed by atoms with E-state index in [0.29, 0.717) is 16.5 Å². The van der Waals surface area contributed by atoms with E-state index in [1.54, 1.807) is 41.7 Å². The molecule has 0 bridgehead atoms. The van der Waals surface area contributed by atoms with Crippen molar-refractivity contribution in [3.63, 3.8) is 0 Å². The van der Waals surface area contributed by atoms with E-state index >= 15 is 0 Å². The maximum atomic E-state index is 14.0. The van der Waals surface area contributed by atoms with E-state index in [1.165, 1.54) is 18.2 Å². The van der Waals surface area contributed by atoms with Gasteiger partial charge in [-0.3, -0.25) is 9.13 Å². The van der Waals surface area contributed by atoms with Gasteiger partial charge >= 0.3 is 20.9 Å². The molecule has 0 saturated heterocycles. The average molecular weight is 1040 g/mol. The van der Waals surface area contributed by atoms with Crippen LogP contribution in [0.2, 0.25) is 10.0 Å². The molecule has 0 spiro atoms. The Hall–Kier alpha value is -0.380. The van der Waals surface area contributed by atoms with E-state index in [9.17, 15) is 26.7 Å². The first-order valence-corrected chi connectivity index (χ1v) is 23.5. The van der Waals surface area contributed by atoms with Crippen LogP contribution >= 0.6 is 110 Å². The Kier molecular flexibility index (Phi) is 17.8. The molecule has 0 unspecified atom stereocenters. The molecule has 0 atom stereocenters. The van der Waals surface area contributed by atoms with Gasteiger partial charge in [-0.05, 0) is 96.8 Å². The monoisotopic (exact) mass is 1030 g/mol. The Balaban J connectivity index is 0.000000280. The van der Waals surface area contributed by atoms with Crippen LogP contribution < -0.4 is 0 Å². The van der Waals surface area contributed by atoms with Gasteiger partial charge < -0.3 is 19.6 Å². The fourth-order valence-electron chi connectivity index (χ4n) is 4.57. The number of rotatable bonds is 15. The van der Waals surface area contributed by atoms with E-state index in [-0.39, 0.29) is 8.95 Å². The molecule has 284 valence electrons. The maximum Gasteiger partial charge on any atom is 0.399 e. The molecule has 4 rings (SSSR count). The molecule has 6 nitrogen and oxygen atoms in total. The van der Waals surface area contributed by atoms with E-state index in [1.807, 2.05) is 36.4 Å². The number of thioether (sulfide) groups is 2. The average Bonchev–Trinajstić information content (AvgIpc) is 2.99. The third-order valence-electron chi connectivity index (χ3n) is 6.94. The summed E-state index contributed by atoms with van der Waals surface area (Å²) in [5.41, 5.74) is -3.69. The second kappa shape index (κ2) is 20.2. The summed E-state index contributed by atoms with van der Waals surface area (Å²) in [6.07, 6.45) is 1.50. The molecule has 0 amide bonds. The van der Waals surface area contributed by atoms with Crippen LogP contribution in [0.5, 0.6) is 0 Å². The van der Waals surface area contributed by atoms with Crippen LogP contribution in [0.4, 0.5) is 17.6 Å². The third-order valence-corrected chi connectivity index (χ3v) is 13.1. The van der Waals surface area contributed by atoms with Crippen molar-refractivity contribution in [2.75, 3.05) is 17.7 Å². The van der Waals surface area contributed by atoms with Gasteiger partial charge in [-0.25, -0.2) is 8.78 Å². The molecule has 0 radical (unpaired) electrons. The molecular weight excluding hydrogens is 1010 g/mol. The predicted molar refractivity (Wildman–Crippen MR) is 214 cm³/mol. The molecule has 0 aliphatic carbocycles. The fraction of sp³-hybridized carbons (Fsp3) is 0.273. The third kappa shape index (κ3) is 14.9. The van der Waals surface area contributed by atoms with Crippen LogP contribution in [0.25, 0.3) is 0 Å². The number of hydrogen-bond acceptors (Lipinski definition) is 4. The second-order valence-corrected chi connectivity index (χ2v) is 20.3. The summed E-state index contributed by atoms with van der Waals surface area (Å²) in [6.45, 7) is 0. The van der Waals surface area contributed by atoms with Gasteiger partial charge in [-0.15, -0.1) is 23.5 Å². The Morgan fingerprint density at radius 3 is 1.62 bits per heavy atom. The highest BCUT2D eigenvalue weighted by atomic mass is 79.9. The topological polar surface area (TPSA) is 115 Å². The van der Waals surface area contributed by atoms with E-state index in [4.69, 9.17) is 42.8 Å². The first-order valence-electron chi connectivity index (χ1n) is 15.0. The van der Waals surface area contributed by atoms with Crippen molar-refractivity contribution in [3.8, 4) is 0 Å². The number of benzene rings is 4. The van der Waals surface area contributed by atoms with Crippen LogP contribution in [-0.2, 0) is 33.6 Å². The van der Waals surface area contributed by atoms with Crippen LogP contribution in [0.1, 0.15) is 35.1 Å². The minimum Gasteiger partial charge on any atom is -0.324 e. The number of hydrogen-bond donors (Lipinski definition) is 4. The summed E-state index contributed by atoms with van der Waals surface area (Å²) in [5.74, 6) is -1.92. The van der Waals surface area contributed by atoms with Gasteiger partial charge in [-0.1, -0.05) is 101 Å². The smallest absolute Gasteiger partial charge is 0.324 e. The molecule has 0 aliphatic heterocycles. The highest BCUT2D eigenvalue weighted by molar-refractivity contribution is 9.11. The van der Waals surface area contributed by atoms with Crippen LogP contribution in [0, 0.1) is 0 Å². The van der Waals surface area contributed by atoms with Crippen molar-refractivity contribution in [2.24, 2.45) is 0 Å². The maximum absolute atomic E-state index is 14.0. The van der Waals surface area contributed by atoms with Crippen molar-refractivity contribution in [1.82, 2.24) is 0 Å². The number of halogens is 9. The fourth-order valence-corrected chi connectivity index (χ4v) is 10.4. The molecule has 0 heterocycles. The van der Waals surface area contributed by atoms with Gasteiger partial charge in [0.25, 0.3) is 5.92 Å². The molecular formula is C33H31Br3Cl2F4O6P2S2. The summed E-state index contributed by atoms with van der Waals surface area (Å²) in [6, 6.07) is 21.6. The minimum atomic E-state index is -5.59. The Morgan fingerprint density at radius 2 is 1.15 bits per heavy atom. The highest BCUT2D eigenvalue weighted by Gasteiger charge is 2.51. The quantitative estimate of drug-likeness (QED) is 0.0403. The van der Waals surface area contributed by atoms with Crippen LogP contribution in [0.3, 0.4) is 0 Å². The molecule has 0 aromatic heterocycles. The van der Waals surface area contributed by atoms with Crippen LogP contribution in [0.15, 0.2) is 102 Å². The van der Waals surface area contributed by atoms with Crippen molar-refractivity contribution in [3.05, 3.63) is 125 Å². The molecule has 4 aromatic carbocycles. The molecule has 0 saturated carbocycles. The van der Waals surface area contributed by atoms with Gasteiger partial charge in [0.2, 0.25) is 0 Å². The first-order chi connectivity index (χ1) is 24.1. The SMILES string of the molecule is O=P(O)(O)C(F)(F)c1ccc(CCCSc2cc(Cl)cc(Cl)c2)cc1Br.O=P(O)(O)CC(F)(F)c1ccc(CCCSc2cccc(Br)c2)cc1Br. The zero-order chi connectivity index (χ0) is 38.9. The zero-order valence-electron chi connectivity index (χ0n) is 26.7. The lowest BCUT2D eigenvalue weighted by Crippen LogP contribution is -2.19. The molecule has 4 N–H and O–H groups in total. The largest absolute Gasteiger partial charge is 0.399 e. The number of alkyl halides is 4. The van der Waals surface area contributed by atoms with Gasteiger partial charge in [0.1, 0.15) is 6.16 Å². The minimum absolute atomic E-state index is 0.0300. The Bertz CT molecular complexity index is 1920. The van der Waals surface area contributed by atoms with E-state index in [2.05, 4.69) is 47.8 Å². The first kappa shape index (κ1) is 46.0.